The van der Waals surface area contributed by atoms with Crippen LogP contribution < -0.4 is 11.1 Å². The number of hydrogen-bond acceptors (Lipinski definition) is 3. The fraction of sp³-hybridized carbons (Fsp3) is 0.364. The predicted molar refractivity (Wildman–Crippen MR) is 67.8 cm³/mol. The van der Waals surface area contributed by atoms with Gasteiger partial charge in [-0.3, -0.25) is 9.00 Å². The number of rotatable bonds is 4. The number of aryl methyl sites for hydroxylation is 1. The zero-order chi connectivity index (χ0) is 12.1. The van der Waals surface area contributed by atoms with Gasteiger partial charge in [0.15, 0.2) is 0 Å². The number of nitrogens with one attached hydrogen (secondary N) is 1. The highest BCUT2D eigenvalue weighted by Crippen LogP contribution is 2.18. The summed E-state index contributed by atoms with van der Waals surface area (Å²) in [5.41, 5.74) is 7.91. The Balaban J connectivity index is 2.62. The molecule has 1 amide bonds. The molecule has 0 aliphatic rings. The molecule has 0 aromatic heterocycles. The minimum absolute atomic E-state index is 0.135. The van der Waals surface area contributed by atoms with Crippen molar-refractivity contribution in [2.24, 2.45) is 0 Å². The minimum Gasteiger partial charge on any atom is -0.399 e. The maximum Gasteiger partial charge on any atom is 0.225 e. The summed E-state index contributed by atoms with van der Waals surface area (Å²) in [7, 11) is -0.939. The molecule has 0 saturated carbocycles. The Hall–Kier alpha value is -1.36. The number of anilines is 2. The maximum atomic E-state index is 11.5. The third kappa shape index (κ3) is 4.02. The summed E-state index contributed by atoms with van der Waals surface area (Å²) < 4.78 is 10.8. The highest BCUT2D eigenvalue weighted by molar-refractivity contribution is 7.84. The molecule has 5 heteroatoms. The molecule has 1 aromatic carbocycles. The fourth-order valence-corrected chi connectivity index (χ4v) is 1.70. The van der Waals surface area contributed by atoms with Gasteiger partial charge in [-0.25, -0.2) is 0 Å². The van der Waals surface area contributed by atoms with Gasteiger partial charge in [0.2, 0.25) is 5.91 Å². The highest BCUT2D eigenvalue weighted by atomic mass is 32.2. The molecule has 0 spiro atoms. The van der Waals surface area contributed by atoms with Crippen LogP contribution in [0.5, 0.6) is 0 Å². The van der Waals surface area contributed by atoms with Gasteiger partial charge in [0.25, 0.3) is 0 Å². The van der Waals surface area contributed by atoms with Crippen LogP contribution >= 0.6 is 0 Å². The average molecular weight is 240 g/mol. The molecule has 0 radical (unpaired) electrons. The third-order valence-corrected chi connectivity index (χ3v) is 2.93. The Morgan fingerprint density at radius 3 is 2.81 bits per heavy atom. The molecular formula is C11H16N2O2S. The van der Waals surface area contributed by atoms with Gasteiger partial charge in [-0.1, -0.05) is 6.07 Å². The predicted octanol–water partition coefficient (Wildman–Crippen LogP) is 1.28. The van der Waals surface area contributed by atoms with Crippen molar-refractivity contribution in [2.45, 2.75) is 13.3 Å². The molecule has 4 nitrogen and oxygen atoms in total. The van der Waals surface area contributed by atoms with E-state index in [4.69, 9.17) is 5.73 Å². The van der Waals surface area contributed by atoms with Crippen LogP contribution in [0.25, 0.3) is 0 Å². The lowest BCUT2D eigenvalue weighted by molar-refractivity contribution is -0.115. The van der Waals surface area contributed by atoms with Crippen LogP contribution in [0.3, 0.4) is 0 Å². The van der Waals surface area contributed by atoms with Crippen LogP contribution in [0.4, 0.5) is 11.4 Å². The molecule has 0 aliphatic carbocycles. The van der Waals surface area contributed by atoms with Crippen LogP contribution in [0, 0.1) is 6.92 Å². The molecule has 16 heavy (non-hydrogen) atoms. The molecular weight excluding hydrogens is 224 g/mol. The maximum absolute atomic E-state index is 11.5. The van der Waals surface area contributed by atoms with Gasteiger partial charge in [0, 0.05) is 40.6 Å². The summed E-state index contributed by atoms with van der Waals surface area (Å²) in [5, 5.41) is 2.75. The molecule has 1 aromatic rings. The zero-order valence-electron chi connectivity index (χ0n) is 9.45. The molecule has 0 bridgehead atoms. The van der Waals surface area contributed by atoms with Crippen molar-refractivity contribution in [3.8, 4) is 0 Å². The van der Waals surface area contributed by atoms with Crippen molar-refractivity contribution >= 4 is 28.1 Å². The van der Waals surface area contributed by atoms with Gasteiger partial charge in [-0.2, -0.15) is 0 Å². The number of nitrogen functional groups attached to an aromatic ring is 1. The van der Waals surface area contributed by atoms with E-state index < -0.39 is 10.8 Å². The van der Waals surface area contributed by atoms with Gasteiger partial charge in [-0.05, 0) is 24.6 Å². The summed E-state index contributed by atoms with van der Waals surface area (Å²) in [6.07, 6.45) is 1.84. The largest absolute Gasteiger partial charge is 0.399 e. The summed E-state index contributed by atoms with van der Waals surface area (Å²) >= 11 is 0. The minimum atomic E-state index is -0.939. The van der Waals surface area contributed by atoms with E-state index >= 15 is 0 Å². The Morgan fingerprint density at radius 1 is 1.50 bits per heavy atom. The van der Waals surface area contributed by atoms with E-state index in [1.807, 2.05) is 13.0 Å². The normalized spacial score (nSPS) is 12.1. The molecule has 1 atom stereocenters. The van der Waals surface area contributed by atoms with Crippen LogP contribution in [-0.4, -0.2) is 22.1 Å². The quantitative estimate of drug-likeness (QED) is 0.779. The number of carbonyl (C=O) groups is 1. The van der Waals surface area contributed by atoms with Crippen molar-refractivity contribution in [1.82, 2.24) is 0 Å². The SMILES string of the molecule is Cc1ccc(N)cc1NC(=O)CCS(C)=O. The van der Waals surface area contributed by atoms with E-state index in [0.29, 0.717) is 17.1 Å². The van der Waals surface area contributed by atoms with E-state index in [-0.39, 0.29) is 12.3 Å². The zero-order valence-corrected chi connectivity index (χ0v) is 10.3. The number of carbonyl (C=O) groups excluding carboxylic acids is 1. The van der Waals surface area contributed by atoms with E-state index in [1.165, 1.54) is 0 Å². The van der Waals surface area contributed by atoms with Crippen LogP contribution in [0.1, 0.15) is 12.0 Å². The van der Waals surface area contributed by atoms with Gasteiger partial charge in [-0.15, -0.1) is 0 Å². The van der Waals surface area contributed by atoms with E-state index in [2.05, 4.69) is 5.32 Å². The Labute approximate surface area is 97.7 Å². The Morgan fingerprint density at radius 2 is 2.19 bits per heavy atom. The van der Waals surface area contributed by atoms with E-state index in [0.717, 1.165) is 5.56 Å². The van der Waals surface area contributed by atoms with Gasteiger partial charge in [0.1, 0.15) is 0 Å². The Bertz CT molecular complexity index is 418. The van der Waals surface area contributed by atoms with Crippen LogP contribution in [0.15, 0.2) is 18.2 Å². The number of amides is 1. The molecule has 1 unspecified atom stereocenters. The topological polar surface area (TPSA) is 72.2 Å². The summed E-state index contributed by atoms with van der Waals surface area (Å²) in [5.74, 6) is 0.247. The highest BCUT2D eigenvalue weighted by Gasteiger charge is 2.05. The lowest BCUT2D eigenvalue weighted by atomic mass is 10.2. The van der Waals surface area contributed by atoms with E-state index in [1.54, 1.807) is 18.4 Å². The van der Waals surface area contributed by atoms with E-state index in [9.17, 15) is 9.00 Å². The van der Waals surface area contributed by atoms with Gasteiger partial charge >= 0.3 is 0 Å². The molecule has 88 valence electrons. The first-order valence-electron chi connectivity index (χ1n) is 4.95. The number of nitrogens with two attached hydrogens (primary N) is 1. The summed E-state index contributed by atoms with van der Waals surface area (Å²) in [6, 6.07) is 5.35. The molecule has 0 heterocycles. The molecule has 3 N–H and O–H groups in total. The molecule has 0 saturated heterocycles. The number of hydrogen-bond donors (Lipinski definition) is 2. The van der Waals surface area contributed by atoms with Crippen molar-refractivity contribution in [3.63, 3.8) is 0 Å². The van der Waals surface area contributed by atoms with Crippen LogP contribution in [0.2, 0.25) is 0 Å². The fourth-order valence-electron chi connectivity index (χ4n) is 1.22. The standard InChI is InChI=1S/C11H16N2O2S/c1-8-3-4-9(12)7-10(8)13-11(14)5-6-16(2)15/h3-4,7H,5-6,12H2,1-2H3,(H,13,14). The first-order valence-corrected chi connectivity index (χ1v) is 6.68. The molecule has 1 rings (SSSR count). The second-order valence-electron chi connectivity index (χ2n) is 3.65. The van der Waals surface area contributed by atoms with Crippen LogP contribution in [-0.2, 0) is 15.6 Å². The smallest absolute Gasteiger partial charge is 0.225 e. The number of benzene rings is 1. The lowest BCUT2D eigenvalue weighted by Crippen LogP contribution is -2.15. The second kappa shape index (κ2) is 5.65. The summed E-state index contributed by atoms with van der Waals surface area (Å²) in [6.45, 7) is 1.90. The average Bonchev–Trinajstić information content (AvgIpc) is 2.20. The lowest BCUT2D eigenvalue weighted by Gasteiger charge is -2.08. The summed E-state index contributed by atoms with van der Waals surface area (Å²) in [4.78, 5) is 11.5. The molecule has 0 aliphatic heterocycles. The van der Waals surface area contributed by atoms with Crippen molar-refractivity contribution < 1.29 is 9.00 Å². The Kier molecular flexibility index (Phi) is 4.49. The van der Waals surface area contributed by atoms with Crippen molar-refractivity contribution in [1.29, 1.82) is 0 Å². The first kappa shape index (κ1) is 12.7. The monoisotopic (exact) mass is 240 g/mol. The second-order valence-corrected chi connectivity index (χ2v) is 5.20. The third-order valence-electron chi connectivity index (χ3n) is 2.15. The van der Waals surface area contributed by atoms with Crippen molar-refractivity contribution in [3.05, 3.63) is 23.8 Å². The van der Waals surface area contributed by atoms with Gasteiger partial charge < -0.3 is 11.1 Å². The van der Waals surface area contributed by atoms with Crippen molar-refractivity contribution in [2.75, 3.05) is 23.1 Å². The molecule has 0 fully saturated rings. The van der Waals surface area contributed by atoms with Gasteiger partial charge in [0.05, 0.1) is 0 Å². The first-order chi connectivity index (χ1) is 7.49.